The van der Waals surface area contributed by atoms with Crippen molar-refractivity contribution in [3.63, 3.8) is 0 Å². The van der Waals surface area contributed by atoms with Gasteiger partial charge in [-0.05, 0) is 31.9 Å². The lowest BCUT2D eigenvalue weighted by Gasteiger charge is -2.03. The van der Waals surface area contributed by atoms with Gasteiger partial charge >= 0.3 is 5.69 Å². The standard InChI is InChI=1S/C6H4Br2N2O3/c1-13-5-3(7)2-9-6(8)4(5)10(11)12/h2H,1H3. The van der Waals surface area contributed by atoms with E-state index in [4.69, 9.17) is 4.74 Å². The minimum atomic E-state index is -0.555. The van der Waals surface area contributed by atoms with Gasteiger partial charge in [-0.15, -0.1) is 0 Å². The minimum Gasteiger partial charge on any atom is -0.489 e. The third-order valence-electron chi connectivity index (χ3n) is 1.31. The average molecular weight is 312 g/mol. The van der Waals surface area contributed by atoms with Gasteiger partial charge in [-0.25, -0.2) is 4.98 Å². The molecule has 0 unspecified atom stereocenters. The predicted octanol–water partition coefficient (Wildman–Crippen LogP) is 2.52. The Hall–Kier alpha value is -0.690. The summed E-state index contributed by atoms with van der Waals surface area (Å²) in [5.41, 5.74) is -0.183. The smallest absolute Gasteiger partial charge is 0.344 e. The highest BCUT2D eigenvalue weighted by Gasteiger charge is 2.23. The fraction of sp³-hybridized carbons (Fsp3) is 0.167. The fourth-order valence-electron chi connectivity index (χ4n) is 0.792. The van der Waals surface area contributed by atoms with E-state index in [1.807, 2.05) is 0 Å². The van der Waals surface area contributed by atoms with Crippen LogP contribution in [0.25, 0.3) is 0 Å². The molecule has 0 amide bonds. The van der Waals surface area contributed by atoms with Crippen molar-refractivity contribution in [1.82, 2.24) is 4.98 Å². The highest BCUT2D eigenvalue weighted by molar-refractivity contribution is 9.11. The number of rotatable bonds is 2. The first kappa shape index (κ1) is 10.4. The lowest BCUT2D eigenvalue weighted by Crippen LogP contribution is -1.97. The van der Waals surface area contributed by atoms with E-state index in [1.54, 1.807) is 0 Å². The average Bonchev–Trinajstić information content (AvgIpc) is 2.07. The Balaban J connectivity index is 3.43. The van der Waals surface area contributed by atoms with Gasteiger partial charge in [0.05, 0.1) is 16.5 Å². The number of aromatic nitrogens is 1. The van der Waals surface area contributed by atoms with Crippen molar-refractivity contribution < 1.29 is 9.66 Å². The van der Waals surface area contributed by atoms with Crippen molar-refractivity contribution in [1.29, 1.82) is 0 Å². The van der Waals surface area contributed by atoms with Gasteiger partial charge in [-0.1, -0.05) is 0 Å². The Morgan fingerprint density at radius 3 is 2.62 bits per heavy atom. The quantitative estimate of drug-likeness (QED) is 0.478. The van der Waals surface area contributed by atoms with E-state index in [0.29, 0.717) is 4.47 Å². The molecule has 13 heavy (non-hydrogen) atoms. The number of hydrogen-bond donors (Lipinski definition) is 0. The van der Waals surface area contributed by atoms with E-state index < -0.39 is 4.92 Å². The summed E-state index contributed by atoms with van der Waals surface area (Å²) in [6.07, 6.45) is 1.43. The number of nitro groups is 1. The van der Waals surface area contributed by atoms with Gasteiger partial charge in [-0.3, -0.25) is 10.1 Å². The molecule has 0 saturated heterocycles. The summed E-state index contributed by atoms with van der Waals surface area (Å²) in [7, 11) is 1.36. The third kappa shape index (κ3) is 1.97. The molecule has 1 heterocycles. The third-order valence-corrected chi connectivity index (χ3v) is 2.45. The number of pyridine rings is 1. The van der Waals surface area contributed by atoms with Crippen LogP contribution >= 0.6 is 31.9 Å². The van der Waals surface area contributed by atoms with Crippen molar-refractivity contribution in [3.05, 3.63) is 25.4 Å². The molecule has 7 heteroatoms. The first-order valence-corrected chi connectivity index (χ1v) is 4.69. The zero-order valence-corrected chi connectivity index (χ0v) is 9.62. The van der Waals surface area contributed by atoms with Gasteiger partial charge < -0.3 is 4.74 Å². The van der Waals surface area contributed by atoms with E-state index in [2.05, 4.69) is 36.8 Å². The Bertz CT molecular complexity index is 356. The van der Waals surface area contributed by atoms with Gasteiger partial charge in [-0.2, -0.15) is 0 Å². The van der Waals surface area contributed by atoms with Crippen LogP contribution in [-0.4, -0.2) is 17.0 Å². The van der Waals surface area contributed by atoms with Crippen LogP contribution in [0.1, 0.15) is 0 Å². The highest BCUT2D eigenvalue weighted by atomic mass is 79.9. The maximum absolute atomic E-state index is 10.6. The largest absolute Gasteiger partial charge is 0.489 e. The topological polar surface area (TPSA) is 65.3 Å². The predicted molar refractivity (Wildman–Crippen MR) is 52.8 cm³/mol. The van der Waals surface area contributed by atoms with Crippen LogP contribution in [0.2, 0.25) is 0 Å². The van der Waals surface area contributed by atoms with E-state index in [0.717, 1.165) is 0 Å². The fourth-order valence-corrected chi connectivity index (χ4v) is 1.67. The molecule has 0 fully saturated rings. The van der Waals surface area contributed by atoms with Crippen molar-refractivity contribution in [2.75, 3.05) is 7.11 Å². The SMILES string of the molecule is COc1c(Br)cnc(Br)c1[N+](=O)[O-]. The summed E-state index contributed by atoms with van der Waals surface area (Å²) in [6.45, 7) is 0. The van der Waals surface area contributed by atoms with Crippen molar-refractivity contribution in [3.8, 4) is 5.75 Å². The molecule has 1 aromatic rings. The lowest BCUT2D eigenvalue weighted by molar-refractivity contribution is -0.387. The Morgan fingerprint density at radius 2 is 2.23 bits per heavy atom. The van der Waals surface area contributed by atoms with Crippen LogP contribution in [0.15, 0.2) is 15.3 Å². The van der Waals surface area contributed by atoms with E-state index in [-0.39, 0.29) is 16.0 Å². The molecule has 0 bridgehead atoms. The van der Waals surface area contributed by atoms with Crippen molar-refractivity contribution >= 4 is 37.5 Å². The maximum Gasteiger partial charge on any atom is 0.344 e. The number of hydrogen-bond acceptors (Lipinski definition) is 4. The molecule has 0 radical (unpaired) electrons. The van der Waals surface area contributed by atoms with Gasteiger partial charge in [0.15, 0.2) is 4.60 Å². The first-order valence-electron chi connectivity index (χ1n) is 3.10. The molecule has 70 valence electrons. The zero-order chi connectivity index (χ0) is 10.0. The summed E-state index contributed by atoms with van der Waals surface area (Å²) in [5, 5.41) is 10.6. The molecule has 0 N–H and O–H groups in total. The van der Waals surface area contributed by atoms with Gasteiger partial charge in [0.2, 0.25) is 5.75 Å². The molecule has 0 spiro atoms. The van der Waals surface area contributed by atoms with Crippen LogP contribution in [-0.2, 0) is 0 Å². The van der Waals surface area contributed by atoms with E-state index in [1.165, 1.54) is 13.3 Å². The zero-order valence-electron chi connectivity index (χ0n) is 6.45. The molecule has 0 aliphatic rings. The van der Waals surface area contributed by atoms with Gasteiger partial charge in [0, 0.05) is 6.20 Å². The van der Waals surface area contributed by atoms with Crippen molar-refractivity contribution in [2.24, 2.45) is 0 Å². The highest BCUT2D eigenvalue weighted by Crippen LogP contribution is 2.38. The van der Waals surface area contributed by atoms with Crippen LogP contribution in [0.3, 0.4) is 0 Å². The molecule has 0 saturated carbocycles. The number of nitrogens with zero attached hydrogens (tertiary/aromatic N) is 2. The van der Waals surface area contributed by atoms with Gasteiger partial charge in [0.1, 0.15) is 0 Å². The summed E-state index contributed by atoms with van der Waals surface area (Å²) < 4.78 is 5.46. The van der Waals surface area contributed by atoms with E-state index >= 15 is 0 Å². The van der Waals surface area contributed by atoms with Gasteiger partial charge in [0.25, 0.3) is 0 Å². The number of ether oxygens (including phenoxy) is 1. The Kier molecular flexibility index (Phi) is 3.21. The van der Waals surface area contributed by atoms with Crippen molar-refractivity contribution in [2.45, 2.75) is 0 Å². The second kappa shape index (κ2) is 4.01. The lowest BCUT2D eigenvalue weighted by atomic mass is 10.4. The second-order valence-electron chi connectivity index (χ2n) is 2.04. The summed E-state index contributed by atoms with van der Waals surface area (Å²) in [4.78, 5) is 13.8. The molecule has 0 aliphatic heterocycles. The molecular formula is C6H4Br2N2O3. The number of methoxy groups -OCH3 is 1. The van der Waals surface area contributed by atoms with Crippen LogP contribution in [0, 0.1) is 10.1 Å². The van der Waals surface area contributed by atoms with Crippen LogP contribution < -0.4 is 4.74 Å². The summed E-state index contributed by atoms with van der Waals surface area (Å²) >= 11 is 6.07. The Labute approximate surface area is 90.5 Å². The summed E-state index contributed by atoms with van der Waals surface area (Å²) in [6, 6.07) is 0. The maximum atomic E-state index is 10.6. The molecule has 1 rings (SSSR count). The monoisotopic (exact) mass is 310 g/mol. The molecule has 5 nitrogen and oxygen atoms in total. The molecule has 0 atom stereocenters. The second-order valence-corrected chi connectivity index (χ2v) is 3.64. The first-order chi connectivity index (χ1) is 6.07. The normalized spacial score (nSPS) is 9.77. The van der Waals surface area contributed by atoms with Crippen LogP contribution in [0.5, 0.6) is 5.75 Å². The molecule has 0 aliphatic carbocycles. The molecule has 1 aromatic heterocycles. The Morgan fingerprint density at radius 1 is 1.62 bits per heavy atom. The molecule has 0 aromatic carbocycles. The summed E-state index contributed by atoms with van der Waals surface area (Å²) in [5.74, 6) is 0.159. The molecular weight excluding hydrogens is 308 g/mol. The van der Waals surface area contributed by atoms with Crippen LogP contribution in [0.4, 0.5) is 5.69 Å². The van der Waals surface area contributed by atoms with E-state index in [9.17, 15) is 10.1 Å². The number of halogens is 2. The minimum absolute atomic E-state index is 0.151.